The number of anilines is 2. The predicted octanol–water partition coefficient (Wildman–Crippen LogP) is 1.66. The minimum atomic E-state index is 0.395. The Balaban J connectivity index is 2.48. The summed E-state index contributed by atoms with van der Waals surface area (Å²) >= 11 is 0. The van der Waals surface area contributed by atoms with Crippen molar-refractivity contribution in [1.29, 1.82) is 0 Å². The Morgan fingerprint density at radius 2 is 2.18 bits per heavy atom. The standard InChI is InChI=1S/C12H23N5/c1-5-10(2)15-12-14-7-6-11(16-12)13-8-9-17(3)4/h6-7,10H,5,8-9H2,1-4H3,(H2,13,14,15,16). The highest BCUT2D eigenvalue weighted by Gasteiger charge is 2.02. The predicted molar refractivity (Wildman–Crippen MR) is 72.5 cm³/mol. The van der Waals surface area contributed by atoms with Gasteiger partial charge >= 0.3 is 0 Å². The van der Waals surface area contributed by atoms with Gasteiger partial charge in [0.05, 0.1) is 0 Å². The average Bonchev–Trinajstić information content (AvgIpc) is 2.29. The quantitative estimate of drug-likeness (QED) is 0.755. The lowest BCUT2D eigenvalue weighted by Crippen LogP contribution is -2.21. The third-order valence-electron chi connectivity index (χ3n) is 2.51. The summed E-state index contributed by atoms with van der Waals surface area (Å²) < 4.78 is 0. The van der Waals surface area contributed by atoms with Gasteiger partial charge in [-0.2, -0.15) is 4.98 Å². The summed E-state index contributed by atoms with van der Waals surface area (Å²) in [6.45, 7) is 6.12. The van der Waals surface area contributed by atoms with Gasteiger partial charge in [-0.05, 0) is 33.5 Å². The van der Waals surface area contributed by atoms with Crippen LogP contribution < -0.4 is 10.6 Å². The topological polar surface area (TPSA) is 53.1 Å². The summed E-state index contributed by atoms with van der Waals surface area (Å²) in [7, 11) is 4.11. The first kappa shape index (κ1) is 13.7. The fourth-order valence-corrected chi connectivity index (χ4v) is 1.26. The Hall–Kier alpha value is -1.36. The molecule has 0 radical (unpaired) electrons. The zero-order chi connectivity index (χ0) is 12.7. The van der Waals surface area contributed by atoms with E-state index in [1.54, 1.807) is 6.20 Å². The van der Waals surface area contributed by atoms with E-state index in [-0.39, 0.29) is 0 Å². The van der Waals surface area contributed by atoms with Gasteiger partial charge in [0.15, 0.2) is 0 Å². The Morgan fingerprint density at radius 3 is 2.82 bits per heavy atom. The Morgan fingerprint density at radius 1 is 1.41 bits per heavy atom. The highest BCUT2D eigenvalue weighted by atomic mass is 15.2. The molecule has 5 heteroatoms. The molecular weight excluding hydrogens is 214 g/mol. The van der Waals surface area contributed by atoms with E-state index in [2.05, 4.69) is 53.4 Å². The first-order valence-electron chi connectivity index (χ1n) is 6.10. The molecule has 0 saturated heterocycles. The van der Waals surface area contributed by atoms with E-state index < -0.39 is 0 Å². The number of hydrogen-bond acceptors (Lipinski definition) is 5. The third-order valence-corrected chi connectivity index (χ3v) is 2.51. The van der Waals surface area contributed by atoms with Gasteiger partial charge in [0, 0.05) is 25.3 Å². The number of nitrogens with zero attached hydrogens (tertiary/aromatic N) is 3. The zero-order valence-corrected chi connectivity index (χ0v) is 11.2. The van der Waals surface area contributed by atoms with Gasteiger partial charge in [-0.3, -0.25) is 0 Å². The number of hydrogen-bond donors (Lipinski definition) is 2. The summed E-state index contributed by atoms with van der Waals surface area (Å²) in [5.41, 5.74) is 0. The van der Waals surface area contributed by atoms with Gasteiger partial charge in [0.1, 0.15) is 5.82 Å². The normalized spacial score (nSPS) is 12.5. The van der Waals surface area contributed by atoms with Crippen LogP contribution in [0.1, 0.15) is 20.3 Å². The van der Waals surface area contributed by atoms with Gasteiger partial charge < -0.3 is 15.5 Å². The van der Waals surface area contributed by atoms with E-state index >= 15 is 0 Å². The molecule has 1 heterocycles. The van der Waals surface area contributed by atoms with Gasteiger partial charge in [-0.25, -0.2) is 4.98 Å². The van der Waals surface area contributed by atoms with Crippen molar-refractivity contribution in [1.82, 2.24) is 14.9 Å². The van der Waals surface area contributed by atoms with E-state index in [9.17, 15) is 0 Å². The maximum Gasteiger partial charge on any atom is 0.224 e. The maximum absolute atomic E-state index is 4.41. The second kappa shape index (κ2) is 7.06. The molecule has 0 aliphatic rings. The highest BCUT2D eigenvalue weighted by molar-refractivity contribution is 5.39. The maximum atomic E-state index is 4.41. The lowest BCUT2D eigenvalue weighted by Gasteiger charge is -2.13. The molecule has 1 rings (SSSR count). The molecule has 0 aliphatic heterocycles. The SMILES string of the molecule is CCC(C)Nc1nccc(NCCN(C)C)n1. The van der Waals surface area contributed by atoms with E-state index in [0.29, 0.717) is 12.0 Å². The van der Waals surface area contributed by atoms with Gasteiger partial charge in [-0.15, -0.1) is 0 Å². The van der Waals surface area contributed by atoms with Crippen molar-refractivity contribution >= 4 is 11.8 Å². The lowest BCUT2D eigenvalue weighted by molar-refractivity contribution is 0.425. The second-order valence-corrected chi connectivity index (χ2v) is 4.45. The number of aromatic nitrogens is 2. The van der Waals surface area contributed by atoms with Crippen molar-refractivity contribution < 1.29 is 0 Å². The highest BCUT2D eigenvalue weighted by Crippen LogP contribution is 2.07. The van der Waals surface area contributed by atoms with Crippen molar-refractivity contribution in [2.75, 3.05) is 37.8 Å². The van der Waals surface area contributed by atoms with Gasteiger partial charge in [0.2, 0.25) is 5.95 Å². The molecule has 0 bridgehead atoms. The van der Waals surface area contributed by atoms with Crippen molar-refractivity contribution in [3.05, 3.63) is 12.3 Å². The molecule has 96 valence electrons. The molecule has 1 atom stereocenters. The van der Waals surface area contributed by atoms with Crippen molar-refractivity contribution in [2.45, 2.75) is 26.3 Å². The summed E-state index contributed by atoms with van der Waals surface area (Å²) in [6, 6.07) is 2.28. The molecule has 1 aromatic heterocycles. The molecule has 0 fully saturated rings. The van der Waals surface area contributed by atoms with Crippen LogP contribution in [0.2, 0.25) is 0 Å². The van der Waals surface area contributed by atoms with Crippen LogP contribution in [0.5, 0.6) is 0 Å². The van der Waals surface area contributed by atoms with E-state index in [1.807, 2.05) is 6.07 Å². The molecule has 17 heavy (non-hydrogen) atoms. The minimum Gasteiger partial charge on any atom is -0.369 e. The second-order valence-electron chi connectivity index (χ2n) is 4.45. The van der Waals surface area contributed by atoms with E-state index in [0.717, 1.165) is 25.3 Å². The molecular formula is C12H23N5. The van der Waals surface area contributed by atoms with Crippen LogP contribution in [0.15, 0.2) is 12.3 Å². The van der Waals surface area contributed by atoms with Crippen LogP contribution in [0.25, 0.3) is 0 Å². The number of likely N-dealkylation sites (N-methyl/N-ethyl adjacent to an activating group) is 1. The summed E-state index contributed by atoms with van der Waals surface area (Å²) in [4.78, 5) is 10.7. The molecule has 2 N–H and O–H groups in total. The fraction of sp³-hybridized carbons (Fsp3) is 0.667. The average molecular weight is 237 g/mol. The summed E-state index contributed by atoms with van der Waals surface area (Å²) in [5.74, 6) is 1.56. The van der Waals surface area contributed by atoms with Crippen LogP contribution >= 0.6 is 0 Å². The van der Waals surface area contributed by atoms with Crippen molar-refractivity contribution in [3.8, 4) is 0 Å². The Kier molecular flexibility index (Phi) is 5.69. The monoisotopic (exact) mass is 237 g/mol. The summed E-state index contributed by atoms with van der Waals surface area (Å²) in [6.07, 6.45) is 2.83. The first-order chi connectivity index (χ1) is 8.11. The third kappa shape index (κ3) is 5.49. The summed E-state index contributed by atoms with van der Waals surface area (Å²) in [5, 5.41) is 6.53. The largest absolute Gasteiger partial charge is 0.369 e. The van der Waals surface area contributed by atoms with Crippen LogP contribution in [-0.2, 0) is 0 Å². The van der Waals surface area contributed by atoms with Gasteiger partial charge in [-0.1, -0.05) is 6.92 Å². The Bertz CT molecular complexity index is 326. The van der Waals surface area contributed by atoms with Crippen LogP contribution in [-0.4, -0.2) is 48.1 Å². The molecule has 0 aliphatic carbocycles. The fourth-order valence-electron chi connectivity index (χ4n) is 1.26. The number of nitrogens with one attached hydrogen (secondary N) is 2. The minimum absolute atomic E-state index is 0.395. The van der Waals surface area contributed by atoms with Crippen LogP contribution in [0.3, 0.4) is 0 Å². The van der Waals surface area contributed by atoms with Crippen molar-refractivity contribution in [3.63, 3.8) is 0 Å². The molecule has 1 aromatic rings. The molecule has 5 nitrogen and oxygen atoms in total. The lowest BCUT2D eigenvalue weighted by atomic mass is 10.3. The van der Waals surface area contributed by atoms with E-state index in [1.165, 1.54) is 0 Å². The number of rotatable bonds is 7. The van der Waals surface area contributed by atoms with Crippen LogP contribution in [0.4, 0.5) is 11.8 Å². The molecule has 0 spiro atoms. The Labute approximate surface area is 104 Å². The molecule has 0 aromatic carbocycles. The van der Waals surface area contributed by atoms with Gasteiger partial charge in [0.25, 0.3) is 0 Å². The van der Waals surface area contributed by atoms with E-state index in [4.69, 9.17) is 0 Å². The molecule has 1 unspecified atom stereocenters. The van der Waals surface area contributed by atoms with Crippen molar-refractivity contribution in [2.24, 2.45) is 0 Å². The zero-order valence-electron chi connectivity index (χ0n) is 11.2. The van der Waals surface area contributed by atoms with Crippen LogP contribution in [0, 0.1) is 0 Å². The molecule has 0 saturated carbocycles. The molecule has 0 amide bonds. The first-order valence-corrected chi connectivity index (χ1v) is 6.10. The smallest absolute Gasteiger partial charge is 0.224 e.